The molecule has 2 rings (SSSR count). The largest absolute Gasteiger partial charge is 0.325 e. The summed E-state index contributed by atoms with van der Waals surface area (Å²) in [6.07, 6.45) is -2.61. The van der Waals surface area contributed by atoms with Crippen LogP contribution in [0.15, 0.2) is 0 Å². The van der Waals surface area contributed by atoms with Crippen molar-refractivity contribution in [1.29, 1.82) is 0 Å². The van der Waals surface area contributed by atoms with Crippen LogP contribution in [-0.4, -0.2) is 28.4 Å². The van der Waals surface area contributed by atoms with Gasteiger partial charge in [-0.2, -0.15) is 8.78 Å². The summed E-state index contributed by atoms with van der Waals surface area (Å²) >= 11 is 0. The van der Waals surface area contributed by atoms with E-state index in [1.165, 1.54) is 4.57 Å². The highest BCUT2D eigenvalue weighted by Gasteiger charge is 2.42. The molecule has 0 aliphatic carbocycles. The number of hydrogen-bond donors (Lipinski definition) is 1. The maximum absolute atomic E-state index is 13.4. The first-order valence-corrected chi connectivity index (χ1v) is 6.75. The Morgan fingerprint density at radius 1 is 1.35 bits per heavy atom. The van der Waals surface area contributed by atoms with Crippen LogP contribution in [0, 0.1) is 5.92 Å². The number of imidazole rings is 1. The number of fused-ring (bicyclic) bond motifs is 1. The molecule has 1 aromatic heterocycles. The first-order chi connectivity index (χ1) is 9.31. The molecule has 0 unspecified atom stereocenters. The number of hydrogen-bond acceptors (Lipinski definition) is 2. The van der Waals surface area contributed by atoms with Gasteiger partial charge in [-0.25, -0.2) is 13.8 Å². The third-order valence-electron chi connectivity index (χ3n) is 3.34. The van der Waals surface area contributed by atoms with Gasteiger partial charge in [-0.1, -0.05) is 13.8 Å². The Bertz CT molecular complexity index is 468. The third-order valence-corrected chi connectivity index (χ3v) is 3.34. The Hall–Kier alpha value is -1.11. The van der Waals surface area contributed by atoms with E-state index in [1.54, 1.807) is 0 Å². The molecular weight excluding hydrogens is 274 g/mol. The van der Waals surface area contributed by atoms with Crippen molar-refractivity contribution >= 4 is 0 Å². The van der Waals surface area contributed by atoms with Crippen molar-refractivity contribution in [2.75, 3.05) is 6.54 Å². The Labute approximate surface area is 115 Å². The van der Waals surface area contributed by atoms with Crippen LogP contribution < -0.4 is 5.32 Å². The van der Waals surface area contributed by atoms with Crippen molar-refractivity contribution in [3.8, 4) is 0 Å². The molecule has 3 nitrogen and oxygen atoms in total. The zero-order valence-corrected chi connectivity index (χ0v) is 11.6. The average molecular weight is 293 g/mol. The molecule has 0 saturated carbocycles. The number of aromatic nitrogens is 2. The summed E-state index contributed by atoms with van der Waals surface area (Å²) in [5.41, 5.74) is 1.37. The monoisotopic (exact) mass is 293 g/mol. The standard InChI is InChI=1S/C13H19F4N3/c1-8(2)5-11-19-9-6-18-4-3-10(9)20(11)7-13(16,17)12(14)15/h8,12,18H,3-7H2,1-2H3. The maximum Gasteiger partial charge on any atom is 0.324 e. The van der Waals surface area contributed by atoms with Gasteiger partial charge in [0.25, 0.3) is 0 Å². The number of halogens is 4. The fourth-order valence-electron chi connectivity index (χ4n) is 2.41. The van der Waals surface area contributed by atoms with Gasteiger partial charge in [-0.3, -0.25) is 0 Å². The van der Waals surface area contributed by atoms with Gasteiger partial charge >= 0.3 is 12.3 Å². The highest BCUT2D eigenvalue weighted by Crippen LogP contribution is 2.28. The van der Waals surface area contributed by atoms with Crippen molar-refractivity contribution in [2.24, 2.45) is 5.92 Å². The van der Waals surface area contributed by atoms with Crippen LogP contribution in [0.5, 0.6) is 0 Å². The predicted octanol–water partition coefficient (Wildman–Crippen LogP) is 2.63. The molecule has 7 heteroatoms. The van der Waals surface area contributed by atoms with Gasteiger partial charge < -0.3 is 9.88 Å². The summed E-state index contributed by atoms with van der Waals surface area (Å²) in [5.74, 6) is -3.31. The van der Waals surface area contributed by atoms with E-state index in [-0.39, 0.29) is 5.92 Å². The summed E-state index contributed by atoms with van der Waals surface area (Å²) in [7, 11) is 0. The van der Waals surface area contributed by atoms with Gasteiger partial charge in [0.2, 0.25) is 0 Å². The Morgan fingerprint density at radius 3 is 2.65 bits per heavy atom. The van der Waals surface area contributed by atoms with Crippen LogP contribution >= 0.6 is 0 Å². The maximum atomic E-state index is 13.4. The summed E-state index contributed by atoms with van der Waals surface area (Å²) in [5, 5.41) is 3.11. The Morgan fingerprint density at radius 2 is 2.05 bits per heavy atom. The molecule has 0 aromatic carbocycles. The fourth-order valence-corrected chi connectivity index (χ4v) is 2.41. The molecular formula is C13H19F4N3. The Balaban J connectivity index is 2.35. The normalized spacial score (nSPS) is 16.0. The lowest BCUT2D eigenvalue weighted by Gasteiger charge is -2.21. The minimum absolute atomic E-state index is 0.228. The quantitative estimate of drug-likeness (QED) is 0.846. The number of alkyl halides is 4. The molecule has 114 valence electrons. The van der Waals surface area contributed by atoms with E-state index in [0.717, 1.165) is 0 Å². The van der Waals surface area contributed by atoms with Crippen molar-refractivity contribution in [3.63, 3.8) is 0 Å². The van der Waals surface area contributed by atoms with Crippen LogP contribution in [0.25, 0.3) is 0 Å². The van der Waals surface area contributed by atoms with E-state index in [9.17, 15) is 17.6 Å². The highest BCUT2D eigenvalue weighted by molar-refractivity contribution is 5.21. The highest BCUT2D eigenvalue weighted by atomic mass is 19.3. The van der Waals surface area contributed by atoms with Crippen LogP contribution in [-0.2, 0) is 25.9 Å². The average Bonchev–Trinajstić information content (AvgIpc) is 2.66. The van der Waals surface area contributed by atoms with E-state index >= 15 is 0 Å². The summed E-state index contributed by atoms with van der Waals surface area (Å²) < 4.78 is 52.9. The molecule has 0 amide bonds. The lowest BCUT2D eigenvalue weighted by molar-refractivity contribution is -0.138. The molecule has 0 fully saturated rings. The zero-order valence-electron chi connectivity index (χ0n) is 11.6. The molecule has 0 atom stereocenters. The van der Waals surface area contributed by atoms with Crippen molar-refractivity contribution in [1.82, 2.24) is 14.9 Å². The first-order valence-electron chi connectivity index (χ1n) is 6.75. The minimum Gasteiger partial charge on any atom is -0.325 e. The lowest BCUT2D eigenvalue weighted by atomic mass is 10.1. The molecule has 1 N–H and O–H groups in total. The summed E-state index contributed by atoms with van der Waals surface area (Å²) in [6, 6.07) is 0. The molecule has 0 saturated heterocycles. The van der Waals surface area contributed by atoms with Gasteiger partial charge in [-0.05, 0) is 5.92 Å². The lowest BCUT2D eigenvalue weighted by Crippen LogP contribution is -2.34. The molecule has 1 aliphatic heterocycles. The molecule has 0 spiro atoms. The van der Waals surface area contributed by atoms with E-state index in [1.807, 2.05) is 13.8 Å². The second-order valence-electron chi connectivity index (χ2n) is 5.59. The number of nitrogens with zero attached hydrogens (tertiary/aromatic N) is 2. The van der Waals surface area contributed by atoms with Gasteiger partial charge in [0.1, 0.15) is 5.82 Å². The van der Waals surface area contributed by atoms with Crippen LogP contribution in [0.3, 0.4) is 0 Å². The fraction of sp³-hybridized carbons (Fsp3) is 0.769. The Kier molecular flexibility index (Phi) is 4.36. The predicted molar refractivity (Wildman–Crippen MR) is 67.1 cm³/mol. The van der Waals surface area contributed by atoms with E-state index in [0.29, 0.717) is 43.1 Å². The van der Waals surface area contributed by atoms with Crippen molar-refractivity contribution in [2.45, 2.75) is 52.1 Å². The second kappa shape index (κ2) is 5.71. The minimum atomic E-state index is -4.02. The summed E-state index contributed by atoms with van der Waals surface area (Å²) in [4.78, 5) is 4.36. The third kappa shape index (κ3) is 3.13. The van der Waals surface area contributed by atoms with Crippen LogP contribution in [0.1, 0.15) is 31.1 Å². The molecule has 0 bridgehead atoms. The first kappa shape index (κ1) is 15.3. The van der Waals surface area contributed by atoms with Gasteiger partial charge in [0, 0.05) is 31.6 Å². The number of nitrogens with one attached hydrogen (secondary N) is 1. The molecule has 0 radical (unpaired) electrons. The van der Waals surface area contributed by atoms with Gasteiger partial charge in [-0.15, -0.1) is 0 Å². The van der Waals surface area contributed by atoms with E-state index in [2.05, 4.69) is 10.3 Å². The van der Waals surface area contributed by atoms with Crippen molar-refractivity contribution in [3.05, 3.63) is 17.2 Å². The molecule has 1 aromatic rings. The van der Waals surface area contributed by atoms with Gasteiger partial charge in [0.05, 0.1) is 12.2 Å². The van der Waals surface area contributed by atoms with Crippen molar-refractivity contribution < 1.29 is 17.6 Å². The van der Waals surface area contributed by atoms with Gasteiger partial charge in [0.15, 0.2) is 0 Å². The topological polar surface area (TPSA) is 29.9 Å². The van der Waals surface area contributed by atoms with E-state index in [4.69, 9.17) is 0 Å². The van der Waals surface area contributed by atoms with Crippen LogP contribution in [0.2, 0.25) is 0 Å². The molecule has 2 heterocycles. The SMILES string of the molecule is CC(C)Cc1nc2c(n1CC(F)(F)C(F)F)CCNC2. The number of rotatable bonds is 5. The second-order valence-corrected chi connectivity index (χ2v) is 5.59. The molecule has 1 aliphatic rings. The zero-order chi connectivity index (χ0) is 14.9. The smallest absolute Gasteiger partial charge is 0.324 e. The summed E-state index contributed by atoms with van der Waals surface area (Å²) in [6.45, 7) is 4.06. The van der Waals surface area contributed by atoms with E-state index < -0.39 is 18.9 Å². The van der Waals surface area contributed by atoms with Crippen LogP contribution in [0.4, 0.5) is 17.6 Å². The molecule has 20 heavy (non-hydrogen) atoms.